The second-order valence-corrected chi connectivity index (χ2v) is 6.55. The normalized spacial score (nSPS) is 10.5. The summed E-state index contributed by atoms with van der Waals surface area (Å²) in [4.78, 5) is 27.9. The summed E-state index contributed by atoms with van der Waals surface area (Å²) in [5, 5.41) is 2.80. The minimum atomic E-state index is -0.184. The van der Waals surface area contributed by atoms with Crippen LogP contribution in [0.15, 0.2) is 48.5 Å². The lowest BCUT2D eigenvalue weighted by atomic mass is 10.2. The van der Waals surface area contributed by atoms with Gasteiger partial charge in [0.2, 0.25) is 11.8 Å². The predicted octanol–water partition coefficient (Wildman–Crippen LogP) is 2.23. The van der Waals surface area contributed by atoms with Crippen molar-refractivity contribution in [1.82, 2.24) is 9.80 Å². The van der Waals surface area contributed by atoms with E-state index in [-0.39, 0.29) is 24.9 Å². The van der Waals surface area contributed by atoms with Gasteiger partial charge in [0.05, 0.1) is 27.3 Å². The minimum absolute atomic E-state index is 0.0671. The fourth-order valence-electron chi connectivity index (χ4n) is 2.66. The van der Waals surface area contributed by atoms with Gasteiger partial charge in [-0.2, -0.15) is 0 Å². The van der Waals surface area contributed by atoms with Crippen molar-refractivity contribution in [3.05, 3.63) is 54.1 Å². The number of hydrogen-bond donors (Lipinski definition) is 1. The Labute approximate surface area is 165 Å². The first-order chi connectivity index (χ1) is 13.4. The third-order valence-corrected chi connectivity index (χ3v) is 4.17. The largest absolute Gasteiger partial charge is 0.497 e. The van der Waals surface area contributed by atoms with E-state index in [0.29, 0.717) is 12.2 Å². The third-order valence-electron chi connectivity index (χ3n) is 4.17. The zero-order valence-corrected chi connectivity index (χ0v) is 16.8. The van der Waals surface area contributed by atoms with Crippen molar-refractivity contribution in [2.24, 2.45) is 0 Å². The molecule has 0 saturated carbocycles. The molecule has 0 saturated heterocycles. The van der Waals surface area contributed by atoms with E-state index < -0.39 is 0 Å². The number of nitrogens with zero attached hydrogens (tertiary/aromatic N) is 2. The third kappa shape index (κ3) is 6.59. The van der Waals surface area contributed by atoms with Crippen LogP contribution in [0.1, 0.15) is 5.56 Å². The highest BCUT2D eigenvalue weighted by Gasteiger charge is 2.15. The molecular formula is C21H27N3O4. The number of carbonyl (C=O) groups is 2. The quantitative estimate of drug-likeness (QED) is 0.717. The Hall–Kier alpha value is -3.06. The van der Waals surface area contributed by atoms with Crippen LogP contribution in [-0.2, 0) is 16.1 Å². The van der Waals surface area contributed by atoms with Gasteiger partial charge >= 0.3 is 0 Å². The summed E-state index contributed by atoms with van der Waals surface area (Å²) in [6.07, 6.45) is 0. The van der Waals surface area contributed by atoms with E-state index in [0.717, 1.165) is 17.1 Å². The van der Waals surface area contributed by atoms with Crippen LogP contribution in [0.25, 0.3) is 0 Å². The molecule has 0 bridgehead atoms. The first kappa shape index (κ1) is 21.2. The van der Waals surface area contributed by atoms with Crippen molar-refractivity contribution in [2.75, 3.05) is 46.7 Å². The molecule has 2 aromatic carbocycles. The highest BCUT2D eigenvalue weighted by Crippen LogP contribution is 2.15. The number of hydrogen-bond acceptors (Lipinski definition) is 5. The molecule has 7 nitrogen and oxygen atoms in total. The molecular weight excluding hydrogens is 358 g/mol. The highest BCUT2D eigenvalue weighted by molar-refractivity contribution is 5.92. The van der Waals surface area contributed by atoms with Crippen LogP contribution in [0.4, 0.5) is 5.69 Å². The van der Waals surface area contributed by atoms with Gasteiger partial charge in [0.1, 0.15) is 11.5 Å². The van der Waals surface area contributed by atoms with E-state index in [1.165, 1.54) is 0 Å². The molecule has 28 heavy (non-hydrogen) atoms. The Morgan fingerprint density at radius 3 is 2.25 bits per heavy atom. The average Bonchev–Trinajstić information content (AvgIpc) is 2.68. The van der Waals surface area contributed by atoms with Gasteiger partial charge in [0.15, 0.2) is 0 Å². The highest BCUT2D eigenvalue weighted by atomic mass is 16.5. The number of amides is 2. The molecule has 0 heterocycles. The number of benzene rings is 2. The molecule has 2 rings (SSSR count). The number of ether oxygens (including phenoxy) is 2. The van der Waals surface area contributed by atoms with Gasteiger partial charge in [-0.1, -0.05) is 12.1 Å². The van der Waals surface area contributed by atoms with Gasteiger partial charge in [-0.05, 0) is 49.0 Å². The predicted molar refractivity (Wildman–Crippen MR) is 109 cm³/mol. The van der Waals surface area contributed by atoms with Crippen LogP contribution in [0.5, 0.6) is 11.5 Å². The van der Waals surface area contributed by atoms with Crippen LogP contribution >= 0.6 is 0 Å². The van der Waals surface area contributed by atoms with Crippen LogP contribution in [0.2, 0.25) is 0 Å². The van der Waals surface area contributed by atoms with Crippen LogP contribution in [0.3, 0.4) is 0 Å². The van der Waals surface area contributed by atoms with Gasteiger partial charge in [-0.25, -0.2) is 0 Å². The van der Waals surface area contributed by atoms with E-state index in [1.54, 1.807) is 62.4 Å². The van der Waals surface area contributed by atoms with Crippen molar-refractivity contribution in [1.29, 1.82) is 0 Å². The monoisotopic (exact) mass is 385 g/mol. The summed E-state index contributed by atoms with van der Waals surface area (Å²) < 4.78 is 10.3. The van der Waals surface area contributed by atoms with Crippen molar-refractivity contribution >= 4 is 17.5 Å². The lowest BCUT2D eigenvalue weighted by molar-refractivity contribution is -0.131. The summed E-state index contributed by atoms with van der Waals surface area (Å²) in [6.45, 7) is 0.739. The lowest BCUT2D eigenvalue weighted by Crippen LogP contribution is -2.39. The van der Waals surface area contributed by atoms with Crippen molar-refractivity contribution < 1.29 is 19.1 Å². The Morgan fingerprint density at radius 2 is 1.61 bits per heavy atom. The second-order valence-electron chi connectivity index (χ2n) is 6.55. The number of likely N-dealkylation sites (N-methyl/N-ethyl adjacent to an activating group) is 2. The van der Waals surface area contributed by atoms with E-state index >= 15 is 0 Å². The maximum atomic E-state index is 12.4. The summed E-state index contributed by atoms with van der Waals surface area (Å²) in [5.41, 5.74) is 1.66. The molecule has 0 radical (unpaired) electrons. The average molecular weight is 385 g/mol. The maximum Gasteiger partial charge on any atom is 0.238 e. The van der Waals surface area contributed by atoms with Crippen molar-refractivity contribution in [2.45, 2.75) is 6.54 Å². The Bertz CT molecular complexity index is 792. The first-order valence-corrected chi connectivity index (χ1v) is 8.90. The van der Waals surface area contributed by atoms with Gasteiger partial charge in [-0.15, -0.1) is 0 Å². The van der Waals surface area contributed by atoms with E-state index in [4.69, 9.17) is 9.47 Å². The maximum absolute atomic E-state index is 12.4. The molecule has 0 fully saturated rings. The zero-order chi connectivity index (χ0) is 20.5. The van der Waals surface area contributed by atoms with Gasteiger partial charge < -0.3 is 19.7 Å². The van der Waals surface area contributed by atoms with Gasteiger partial charge in [0.25, 0.3) is 0 Å². The summed E-state index contributed by atoms with van der Waals surface area (Å²) in [7, 11) is 6.68. The number of anilines is 1. The minimum Gasteiger partial charge on any atom is -0.497 e. The molecule has 2 amide bonds. The molecule has 0 spiro atoms. The molecule has 0 aliphatic rings. The molecule has 0 unspecified atom stereocenters. The summed E-state index contributed by atoms with van der Waals surface area (Å²) in [6, 6.07) is 14.7. The molecule has 0 aliphatic heterocycles. The number of rotatable bonds is 9. The topological polar surface area (TPSA) is 71.1 Å². The number of methoxy groups -OCH3 is 2. The molecule has 0 aromatic heterocycles. The first-order valence-electron chi connectivity index (χ1n) is 8.90. The van der Waals surface area contributed by atoms with Crippen molar-refractivity contribution in [3.63, 3.8) is 0 Å². The molecule has 150 valence electrons. The van der Waals surface area contributed by atoms with Crippen LogP contribution in [0, 0.1) is 0 Å². The fourth-order valence-corrected chi connectivity index (χ4v) is 2.66. The van der Waals surface area contributed by atoms with Crippen LogP contribution < -0.4 is 14.8 Å². The summed E-state index contributed by atoms with van der Waals surface area (Å²) in [5.74, 6) is 1.23. The standard InChI is InChI=1S/C21H27N3O4/c1-23(14-20(25)22-17-8-10-18(27-3)11-9-17)15-21(26)24(2)13-16-6-5-7-19(12-16)28-4/h5-12H,13-15H2,1-4H3,(H,22,25). The number of nitrogens with one attached hydrogen (secondary N) is 1. The SMILES string of the molecule is COc1ccc(NC(=O)CN(C)CC(=O)N(C)Cc2cccc(OC)c2)cc1. The molecule has 1 N–H and O–H groups in total. The van der Waals surface area contributed by atoms with Crippen molar-refractivity contribution in [3.8, 4) is 11.5 Å². The van der Waals surface area contributed by atoms with Crippen LogP contribution in [-0.4, -0.2) is 63.0 Å². The Morgan fingerprint density at radius 1 is 0.929 bits per heavy atom. The smallest absolute Gasteiger partial charge is 0.238 e. The molecule has 2 aromatic rings. The molecule has 7 heteroatoms. The van der Waals surface area contributed by atoms with E-state index in [9.17, 15) is 9.59 Å². The van der Waals surface area contributed by atoms with Gasteiger partial charge in [0, 0.05) is 19.3 Å². The lowest BCUT2D eigenvalue weighted by Gasteiger charge is -2.22. The number of carbonyl (C=O) groups excluding carboxylic acids is 2. The van der Waals surface area contributed by atoms with Gasteiger partial charge in [-0.3, -0.25) is 14.5 Å². The Kier molecular flexibility index (Phi) is 7.83. The second kappa shape index (κ2) is 10.3. The van der Waals surface area contributed by atoms with E-state index in [1.807, 2.05) is 24.3 Å². The zero-order valence-electron chi connectivity index (χ0n) is 16.8. The van der Waals surface area contributed by atoms with E-state index in [2.05, 4.69) is 5.32 Å². The fraction of sp³-hybridized carbons (Fsp3) is 0.333. The molecule has 0 aliphatic carbocycles. The summed E-state index contributed by atoms with van der Waals surface area (Å²) >= 11 is 0. The Balaban J connectivity index is 1.80. The molecule has 0 atom stereocenters.